The van der Waals surface area contributed by atoms with E-state index >= 15 is 0 Å². The molecule has 0 fully saturated rings. The fourth-order valence-corrected chi connectivity index (χ4v) is 1.57. The van der Waals surface area contributed by atoms with Crippen molar-refractivity contribution in [3.8, 4) is 5.75 Å². The number of ether oxygens (including phenoxy) is 1. The van der Waals surface area contributed by atoms with Crippen molar-refractivity contribution in [2.24, 2.45) is 0 Å². The SMILES string of the molecule is O=C(CBr)c1cc(OC(F)(F)F)ccc1C(F)(F)F. The lowest BCUT2D eigenvalue weighted by Crippen LogP contribution is -2.19. The molecule has 0 aliphatic heterocycles. The highest BCUT2D eigenvalue weighted by Gasteiger charge is 2.36. The van der Waals surface area contributed by atoms with Crippen molar-refractivity contribution in [1.29, 1.82) is 0 Å². The molecule has 1 aromatic rings. The maximum Gasteiger partial charge on any atom is 0.573 e. The van der Waals surface area contributed by atoms with Gasteiger partial charge in [-0.1, -0.05) is 15.9 Å². The molecular formula is C10H5BrF6O2. The summed E-state index contributed by atoms with van der Waals surface area (Å²) in [6, 6.07) is 1.29. The molecule has 0 spiro atoms. The van der Waals surface area contributed by atoms with E-state index in [1.165, 1.54) is 0 Å². The van der Waals surface area contributed by atoms with Crippen LogP contribution in [0.15, 0.2) is 18.2 Å². The van der Waals surface area contributed by atoms with Gasteiger partial charge in [0.2, 0.25) is 0 Å². The third-order valence-electron chi connectivity index (χ3n) is 1.95. The van der Waals surface area contributed by atoms with E-state index in [1.807, 2.05) is 0 Å². The van der Waals surface area contributed by atoms with Crippen molar-refractivity contribution >= 4 is 21.7 Å². The van der Waals surface area contributed by atoms with Crippen LogP contribution in [-0.4, -0.2) is 17.5 Å². The number of hydrogen-bond donors (Lipinski definition) is 0. The van der Waals surface area contributed by atoms with Crippen LogP contribution in [0, 0.1) is 0 Å². The van der Waals surface area contributed by atoms with Gasteiger partial charge in [-0.05, 0) is 18.2 Å². The first-order valence-electron chi connectivity index (χ1n) is 4.61. The summed E-state index contributed by atoms with van der Waals surface area (Å²) in [6.07, 6.45) is -9.89. The van der Waals surface area contributed by atoms with Crippen LogP contribution in [0.1, 0.15) is 15.9 Å². The Morgan fingerprint density at radius 2 is 1.74 bits per heavy atom. The van der Waals surface area contributed by atoms with Gasteiger partial charge in [-0.2, -0.15) is 13.2 Å². The molecule has 0 heterocycles. The highest BCUT2D eigenvalue weighted by atomic mass is 79.9. The van der Waals surface area contributed by atoms with E-state index in [2.05, 4.69) is 20.7 Å². The van der Waals surface area contributed by atoms with Gasteiger partial charge in [0.05, 0.1) is 10.9 Å². The number of ketones is 1. The Morgan fingerprint density at radius 1 is 1.16 bits per heavy atom. The molecule has 106 valence electrons. The number of carbonyl (C=O) groups excluding carboxylic acids is 1. The van der Waals surface area contributed by atoms with Gasteiger partial charge in [-0.25, -0.2) is 0 Å². The van der Waals surface area contributed by atoms with E-state index in [0.717, 1.165) is 0 Å². The topological polar surface area (TPSA) is 26.3 Å². The Balaban J connectivity index is 3.28. The fraction of sp³-hybridized carbons (Fsp3) is 0.300. The van der Waals surface area contributed by atoms with Gasteiger partial charge in [0.25, 0.3) is 0 Å². The Bertz CT molecular complexity index is 480. The van der Waals surface area contributed by atoms with Gasteiger partial charge in [0.15, 0.2) is 5.78 Å². The number of alkyl halides is 7. The summed E-state index contributed by atoms with van der Waals surface area (Å²) in [6.45, 7) is 0. The minimum Gasteiger partial charge on any atom is -0.406 e. The van der Waals surface area contributed by atoms with Gasteiger partial charge in [-0.3, -0.25) is 4.79 Å². The molecule has 9 heteroatoms. The lowest BCUT2D eigenvalue weighted by Gasteiger charge is -2.14. The number of benzene rings is 1. The minimum atomic E-state index is -5.05. The van der Waals surface area contributed by atoms with Gasteiger partial charge in [-0.15, -0.1) is 13.2 Å². The van der Waals surface area contributed by atoms with Crippen LogP contribution in [0.3, 0.4) is 0 Å². The molecule has 2 nitrogen and oxygen atoms in total. The van der Waals surface area contributed by atoms with Gasteiger partial charge >= 0.3 is 12.5 Å². The van der Waals surface area contributed by atoms with Crippen molar-refractivity contribution in [3.05, 3.63) is 29.3 Å². The standard InChI is InChI=1S/C10H5BrF6O2/c11-4-8(18)6-3-5(19-10(15,16)17)1-2-7(6)9(12,13)14/h1-3H,4H2. The van der Waals surface area contributed by atoms with E-state index in [4.69, 9.17) is 0 Å². The highest BCUT2D eigenvalue weighted by molar-refractivity contribution is 9.09. The molecule has 1 aromatic carbocycles. The van der Waals surface area contributed by atoms with E-state index in [9.17, 15) is 31.1 Å². The van der Waals surface area contributed by atoms with Crippen LogP contribution >= 0.6 is 15.9 Å². The van der Waals surface area contributed by atoms with Gasteiger partial charge < -0.3 is 4.74 Å². The van der Waals surface area contributed by atoms with Crippen LogP contribution < -0.4 is 4.74 Å². The van der Waals surface area contributed by atoms with Crippen molar-refractivity contribution in [2.75, 3.05) is 5.33 Å². The lowest BCUT2D eigenvalue weighted by atomic mass is 10.0. The highest BCUT2D eigenvalue weighted by Crippen LogP contribution is 2.35. The molecule has 0 radical (unpaired) electrons. The third kappa shape index (κ3) is 4.41. The van der Waals surface area contributed by atoms with Crippen molar-refractivity contribution in [2.45, 2.75) is 12.5 Å². The Hall–Kier alpha value is -1.25. The first-order valence-corrected chi connectivity index (χ1v) is 5.73. The van der Waals surface area contributed by atoms with Crippen LogP contribution in [-0.2, 0) is 6.18 Å². The second kappa shape index (κ2) is 5.40. The number of rotatable bonds is 3. The van der Waals surface area contributed by atoms with Gasteiger partial charge in [0.1, 0.15) is 5.75 Å². The normalized spacial score (nSPS) is 12.4. The molecule has 0 N–H and O–H groups in total. The smallest absolute Gasteiger partial charge is 0.406 e. The Labute approximate surface area is 111 Å². The Morgan fingerprint density at radius 3 is 2.16 bits per heavy atom. The molecule has 0 bridgehead atoms. The minimum absolute atomic E-state index is 0.372. The summed E-state index contributed by atoms with van der Waals surface area (Å²) in [4.78, 5) is 11.3. The van der Waals surface area contributed by atoms with Crippen LogP contribution in [0.4, 0.5) is 26.3 Å². The first-order chi connectivity index (χ1) is 8.54. The predicted octanol–water partition coefficient (Wildman–Crippen LogP) is 4.18. The molecule has 0 amide bonds. The van der Waals surface area contributed by atoms with Gasteiger partial charge in [0, 0.05) is 5.56 Å². The maximum absolute atomic E-state index is 12.6. The average molecular weight is 351 g/mol. The zero-order chi connectivity index (χ0) is 14.8. The molecule has 0 atom stereocenters. The third-order valence-corrected chi connectivity index (χ3v) is 2.46. The molecule has 0 saturated carbocycles. The van der Waals surface area contributed by atoms with Crippen molar-refractivity contribution < 1.29 is 35.9 Å². The summed E-state index contributed by atoms with van der Waals surface area (Å²) in [5, 5.41) is -0.453. The van der Waals surface area contributed by atoms with E-state index in [-0.39, 0.29) is 0 Å². The predicted molar refractivity (Wildman–Crippen MR) is 56.3 cm³/mol. The van der Waals surface area contributed by atoms with Crippen molar-refractivity contribution in [1.82, 2.24) is 0 Å². The summed E-state index contributed by atoms with van der Waals surface area (Å²) in [5.41, 5.74) is -2.20. The first kappa shape index (κ1) is 15.8. The van der Waals surface area contributed by atoms with E-state index < -0.39 is 40.5 Å². The molecular weight excluding hydrogens is 346 g/mol. The number of Topliss-reactive ketones (excluding diaryl/α,β-unsaturated/α-hetero) is 1. The summed E-state index contributed by atoms with van der Waals surface area (Å²) < 4.78 is 77.1. The van der Waals surface area contributed by atoms with Crippen LogP contribution in [0.2, 0.25) is 0 Å². The van der Waals surface area contributed by atoms with Crippen LogP contribution in [0.25, 0.3) is 0 Å². The molecule has 0 unspecified atom stereocenters. The summed E-state index contributed by atoms with van der Waals surface area (Å²) in [5.74, 6) is -1.88. The molecule has 19 heavy (non-hydrogen) atoms. The second-order valence-electron chi connectivity index (χ2n) is 3.31. The molecule has 1 rings (SSSR count). The molecule has 0 saturated heterocycles. The number of halogens is 7. The second-order valence-corrected chi connectivity index (χ2v) is 3.87. The maximum atomic E-state index is 12.6. The lowest BCUT2D eigenvalue weighted by molar-refractivity contribution is -0.274. The molecule has 0 aromatic heterocycles. The van der Waals surface area contributed by atoms with E-state index in [1.54, 1.807) is 0 Å². The molecule has 0 aliphatic carbocycles. The quantitative estimate of drug-likeness (QED) is 0.464. The fourth-order valence-electron chi connectivity index (χ4n) is 1.27. The zero-order valence-corrected chi connectivity index (χ0v) is 10.5. The summed E-state index contributed by atoms with van der Waals surface area (Å²) in [7, 11) is 0. The van der Waals surface area contributed by atoms with Crippen LogP contribution in [0.5, 0.6) is 5.75 Å². The monoisotopic (exact) mass is 350 g/mol. The largest absolute Gasteiger partial charge is 0.573 e. The zero-order valence-electron chi connectivity index (χ0n) is 8.90. The number of carbonyl (C=O) groups is 1. The van der Waals surface area contributed by atoms with E-state index in [0.29, 0.717) is 18.2 Å². The summed E-state index contributed by atoms with van der Waals surface area (Å²) >= 11 is 2.66. The molecule has 0 aliphatic rings. The average Bonchev–Trinajstić information content (AvgIpc) is 2.24. The number of hydrogen-bond acceptors (Lipinski definition) is 2. The Kier molecular flexibility index (Phi) is 4.49. The van der Waals surface area contributed by atoms with Crippen molar-refractivity contribution in [3.63, 3.8) is 0 Å².